The van der Waals surface area contributed by atoms with Gasteiger partial charge in [0, 0.05) is 0 Å². The van der Waals surface area contributed by atoms with E-state index in [-0.39, 0.29) is 0 Å². The van der Waals surface area contributed by atoms with Crippen LogP contribution in [0, 0.1) is 0 Å². The van der Waals surface area contributed by atoms with Gasteiger partial charge in [0.15, 0.2) is 0 Å². The van der Waals surface area contributed by atoms with Crippen LogP contribution in [0.2, 0.25) is 0 Å². The minimum Gasteiger partial charge on any atom is -0.147 e. The molecular weight excluding hydrogens is 120 g/mol. The predicted octanol–water partition coefficient (Wildman–Crippen LogP) is 1.57. The number of nitrogens with zero attached hydrogens (tertiary/aromatic N) is 2. The Balaban J connectivity index is 2.93. The highest BCUT2D eigenvalue weighted by Crippen LogP contribution is 2.10. The van der Waals surface area contributed by atoms with Crippen molar-refractivity contribution in [3.05, 3.63) is 17.1 Å². The largest absolute Gasteiger partial charge is 0.147 e. The molecule has 3 heteroatoms. The summed E-state index contributed by atoms with van der Waals surface area (Å²) in [7, 11) is 0. The maximum atomic E-state index is 3.78. The van der Waals surface area contributed by atoms with Crippen molar-refractivity contribution in [3.8, 4) is 0 Å². The summed E-state index contributed by atoms with van der Waals surface area (Å²) in [6.45, 7) is 5.62. The van der Waals surface area contributed by atoms with E-state index in [1.54, 1.807) is 5.51 Å². The number of aromatic nitrogens is 2. The van der Waals surface area contributed by atoms with Crippen LogP contribution in [0.1, 0.15) is 11.9 Å². The highest BCUT2D eigenvalue weighted by atomic mass is 32.1. The molecule has 0 N–H and O–H groups in total. The van der Waals surface area contributed by atoms with Gasteiger partial charge in [-0.2, -0.15) is 0 Å². The summed E-state index contributed by atoms with van der Waals surface area (Å²) < 4.78 is 0. The van der Waals surface area contributed by atoms with Crippen LogP contribution in [0.15, 0.2) is 12.1 Å². The Morgan fingerprint density at radius 3 is 2.88 bits per heavy atom. The monoisotopic (exact) mass is 126 g/mol. The first-order valence-corrected chi connectivity index (χ1v) is 3.10. The third-order valence-electron chi connectivity index (χ3n) is 0.725. The summed E-state index contributed by atoms with van der Waals surface area (Å²) in [4.78, 5) is 0. The van der Waals surface area contributed by atoms with E-state index in [1.807, 2.05) is 6.92 Å². The van der Waals surface area contributed by atoms with Crippen molar-refractivity contribution < 1.29 is 0 Å². The molecule has 42 valence electrons. The third kappa shape index (κ3) is 0.924. The van der Waals surface area contributed by atoms with E-state index in [0.29, 0.717) is 0 Å². The van der Waals surface area contributed by atoms with E-state index in [0.717, 1.165) is 10.6 Å². The molecule has 0 aromatic carbocycles. The van der Waals surface area contributed by atoms with Crippen LogP contribution < -0.4 is 0 Å². The van der Waals surface area contributed by atoms with Crippen molar-refractivity contribution in [1.29, 1.82) is 0 Å². The van der Waals surface area contributed by atoms with Crippen LogP contribution in [0.4, 0.5) is 0 Å². The highest BCUT2D eigenvalue weighted by molar-refractivity contribution is 7.10. The SMILES string of the molecule is C=C(C)c1nncs1. The van der Waals surface area contributed by atoms with E-state index in [2.05, 4.69) is 16.8 Å². The topological polar surface area (TPSA) is 25.8 Å². The van der Waals surface area contributed by atoms with Gasteiger partial charge in [-0.25, -0.2) is 0 Å². The van der Waals surface area contributed by atoms with Crippen LogP contribution in [-0.2, 0) is 0 Å². The molecule has 0 saturated heterocycles. The Morgan fingerprint density at radius 1 is 1.88 bits per heavy atom. The molecule has 0 spiro atoms. The van der Waals surface area contributed by atoms with Gasteiger partial charge in [-0.15, -0.1) is 21.5 Å². The average Bonchev–Trinajstić information content (AvgIpc) is 2.12. The quantitative estimate of drug-likeness (QED) is 0.570. The predicted molar refractivity (Wildman–Crippen MR) is 34.6 cm³/mol. The van der Waals surface area contributed by atoms with Crippen LogP contribution in [0.25, 0.3) is 5.57 Å². The van der Waals surface area contributed by atoms with Gasteiger partial charge in [0.1, 0.15) is 10.5 Å². The first-order chi connectivity index (χ1) is 3.80. The van der Waals surface area contributed by atoms with Crippen molar-refractivity contribution in [2.45, 2.75) is 6.92 Å². The lowest BCUT2D eigenvalue weighted by Gasteiger charge is -1.82. The van der Waals surface area contributed by atoms with E-state index in [4.69, 9.17) is 0 Å². The molecule has 0 atom stereocenters. The van der Waals surface area contributed by atoms with E-state index in [9.17, 15) is 0 Å². The number of allylic oxidation sites excluding steroid dienone is 1. The van der Waals surface area contributed by atoms with E-state index in [1.165, 1.54) is 11.3 Å². The molecule has 8 heavy (non-hydrogen) atoms. The van der Waals surface area contributed by atoms with Crippen molar-refractivity contribution in [2.24, 2.45) is 0 Å². The lowest BCUT2D eigenvalue weighted by molar-refractivity contribution is 1.07. The molecule has 1 rings (SSSR count). The van der Waals surface area contributed by atoms with Gasteiger partial charge >= 0.3 is 0 Å². The van der Waals surface area contributed by atoms with Crippen LogP contribution in [-0.4, -0.2) is 10.2 Å². The fourth-order valence-corrected chi connectivity index (χ4v) is 0.849. The molecule has 2 nitrogen and oxygen atoms in total. The molecule has 0 aliphatic heterocycles. The second-order valence-corrected chi connectivity index (χ2v) is 2.36. The molecule has 1 aromatic heterocycles. The Labute approximate surface area is 51.9 Å². The molecular formula is C5H6N2S. The van der Waals surface area contributed by atoms with Crippen LogP contribution >= 0.6 is 11.3 Å². The smallest absolute Gasteiger partial charge is 0.142 e. The molecule has 0 fully saturated rings. The molecule has 1 aromatic rings. The summed E-state index contributed by atoms with van der Waals surface area (Å²) in [5.41, 5.74) is 2.68. The molecule has 0 amide bonds. The first kappa shape index (κ1) is 5.44. The standard InChI is InChI=1S/C5H6N2S/c1-4(2)5-7-6-3-8-5/h3H,1H2,2H3. The fraction of sp³-hybridized carbons (Fsp3) is 0.200. The Morgan fingerprint density at radius 2 is 2.62 bits per heavy atom. The van der Waals surface area contributed by atoms with E-state index < -0.39 is 0 Å². The van der Waals surface area contributed by atoms with E-state index >= 15 is 0 Å². The van der Waals surface area contributed by atoms with Crippen molar-refractivity contribution >= 4 is 16.9 Å². The lowest BCUT2D eigenvalue weighted by Crippen LogP contribution is -1.73. The number of rotatable bonds is 1. The molecule has 0 saturated carbocycles. The van der Waals surface area contributed by atoms with Gasteiger partial charge in [0.2, 0.25) is 0 Å². The fourth-order valence-electron chi connectivity index (χ4n) is 0.359. The lowest BCUT2D eigenvalue weighted by atomic mass is 10.4. The molecule has 0 aliphatic rings. The second-order valence-electron chi connectivity index (χ2n) is 1.52. The van der Waals surface area contributed by atoms with Crippen LogP contribution in [0.5, 0.6) is 0 Å². The maximum absolute atomic E-state index is 3.78. The van der Waals surface area contributed by atoms with Crippen molar-refractivity contribution in [3.63, 3.8) is 0 Å². The van der Waals surface area contributed by atoms with Gasteiger partial charge < -0.3 is 0 Å². The molecule has 0 radical (unpaired) electrons. The molecule has 0 bridgehead atoms. The summed E-state index contributed by atoms with van der Waals surface area (Å²) in [5.74, 6) is 0. The zero-order valence-electron chi connectivity index (χ0n) is 4.59. The van der Waals surface area contributed by atoms with Gasteiger partial charge in [0.05, 0.1) is 0 Å². The van der Waals surface area contributed by atoms with Crippen molar-refractivity contribution in [2.75, 3.05) is 0 Å². The van der Waals surface area contributed by atoms with Crippen molar-refractivity contribution in [1.82, 2.24) is 10.2 Å². The summed E-state index contributed by atoms with van der Waals surface area (Å²) in [6.07, 6.45) is 0. The Kier molecular flexibility index (Phi) is 1.39. The van der Waals surface area contributed by atoms with Gasteiger partial charge in [-0.3, -0.25) is 0 Å². The zero-order chi connectivity index (χ0) is 5.98. The minimum atomic E-state index is 0.921. The molecule has 0 unspecified atom stereocenters. The van der Waals surface area contributed by atoms with Gasteiger partial charge in [-0.1, -0.05) is 6.58 Å². The van der Waals surface area contributed by atoms with Gasteiger partial charge in [-0.05, 0) is 12.5 Å². The second kappa shape index (κ2) is 2.05. The average molecular weight is 126 g/mol. The normalized spacial score (nSPS) is 9.12. The zero-order valence-corrected chi connectivity index (χ0v) is 5.40. The maximum Gasteiger partial charge on any atom is 0.142 e. The first-order valence-electron chi connectivity index (χ1n) is 2.23. The summed E-state index contributed by atoms with van der Waals surface area (Å²) in [6, 6.07) is 0. The minimum absolute atomic E-state index is 0.921. The summed E-state index contributed by atoms with van der Waals surface area (Å²) in [5, 5.41) is 8.36. The van der Waals surface area contributed by atoms with Crippen LogP contribution in [0.3, 0.4) is 0 Å². The molecule has 1 heterocycles. The Hall–Kier alpha value is -0.700. The third-order valence-corrected chi connectivity index (χ3v) is 1.58. The number of hydrogen-bond acceptors (Lipinski definition) is 3. The molecule has 0 aliphatic carbocycles. The number of hydrogen-bond donors (Lipinski definition) is 0. The summed E-state index contributed by atoms with van der Waals surface area (Å²) >= 11 is 1.51. The highest BCUT2D eigenvalue weighted by Gasteiger charge is 1.92. The van der Waals surface area contributed by atoms with Gasteiger partial charge in [0.25, 0.3) is 0 Å². The Bertz CT molecular complexity index is 178.